The van der Waals surface area contributed by atoms with Crippen molar-refractivity contribution in [2.75, 3.05) is 42.3 Å². The van der Waals surface area contributed by atoms with E-state index in [1.807, 2.05) is 61.5 Å². The van der Waals surface area contributed by atoms with Crippen LogP contribution in [0, 0.1) is 6.92 Å². The van der Waals surface area contributed by atoms with Gasteiger partial charge < -0.3 is 20.7 Å². The van der Waals surface area contributed by atoms with E-state index in [0.29, 0.717) is 30.2 Å². The average molecular weight is 388 g/mol. The Balaban J connectivity index is 1.49. The molecule has 1 saturated heterocycles. The molecule has 0 aliphatic carbocycles. The molecule has 0 saturated carbocycles. The van der Waals surface area contributed by atoms with Gasteiger partial charge in [0, 0.05) is 24.3 Å². The average Bonchev–Trinajstić information content (AvgIpc) is 2.76. The number of morpholine rings is 1. The van der Waals surface area contributed by atoms with Crippen LogP contribution in [0.4, 0.5) is 17.2 Å². The molecule has 3 aromatic rings. The molecule has 1 fully saturated rings. The Morgan fingerprint density at radius 1 is 1.07 bits per heavy atom. The molecule has 0 atom stereocenters. The molecule has 2 heterocycles. The number of ether oxygens (including phenoxy) is 1. The lowest BCUT2D eigenvalue weighted by Crippen LogP contribution is -2.36. The van der Waals surface area contributed by atoms with Crippen molar-refractivity contribution in [3.05, 3.63) is 71.9 Å². The fourth-order valence-electron chi connectivity index (χ4n) is 3.38. The van der Waals surface area contributed by atoms with Gasteiger partial charge in [-0.25, -0.2) is 4.98 Å². The molecule has 4 rings (SSSR count). The third-order valence-electron chi connectivity index (χ3n) is 5.06. The Hall–Kier alpha value is -3.38. The molecule has 148 valence electrons. The summed E-state index contributed by atoms with van der Waals surface area (Å²) in [6, 6.07) is 17.2. The van der Waals surface area contributed by atoms with Gasteiger partial charge in [-0.3, -0.25) is 4.79 Å². The Kier molecular flexibility index (Phi) is 5.44. The maximum atomic E-state index is 12.8. The minimum absolute atomic E-state index is 0.164. The molecule has 6 heteroatoms. The Morgan fingerprint density at radius 2 is 1.83 bits per heavy atom. The molecular formula is C23H24N4O2. The number of carbonyl (C=O) groups excluding carboxylic acids is 1. The number of nitrogen functional groups attached to an aromatic ring is 1. The summed E-state index contributed by atoms with van der Waals surface area (Å²) in [6.45, 7) is 5.11. The molecule has 29 heavy (non-hydrogen) atoms. The first-order valence-electron chi connectivity index (χ1n) is 9.67. The highest BCUT2D eigenvalue weighted by molar-refractivity contribution is 6.05. The largest absolute Gasteiger partial charge is 0.399 e. The molecule has 0 radical (unpaired) electrons. The summed E-state index contributed by atoms with van der Waals surface area (Å²) in [5, 5.41) is 2.93. The van der Waals surface area contributed by atoms with Crippen molar-refractivity contribution in [2.45, 2.75) is 6.92 Å². The highest BCUT2D eigenvalue weighted by Crippen LogP contribution is 2.26. The molecule has 0 spiro atoms. The van der Waals surface area contributed by atoms with Crippen LogP contribution in [-0.2, 0) is 4.74 Å². The Bertz CT molecular complexity index is 994. The smallest absolute Gasteiger partial charge is 0.255 e. The van der Waals surface area contributed by atoms with E-state index in [-0.39, 0.29) is 5.91 Å². The number of hydrogen-bond acceptors (Lipinski definition) is 5. The number of nitrogens with zero attached hydrogens (tertiary/aromatic N) is 2. The fourth-order valence-corrected chi connectivity index (χ4v) is 3.38. The van der Waals surface area contributed by atoms with Crippen LogP contribution in [-0.4, -0.2) is 37.2 Å². The lowest BCUT2D eigenvalue weighted by atomic mass is 9.97. The topological polar surface area (TPSA) is 80.5 Å². The van der Waals surface area contributed by atoms with Crippen molar-refractivity contribution < 1.29 is 9.53 Å². The van der Waals surface area contributed by atoms with E-state index in [1.54, 1.807) is 6.20 Å². The molecule has 0 unspecified atom stereocenters. The minimum atomic E-state index is -0.164. The minimum Gasteiger partial charge on any atom is -0.399 e. The van der Waals surface area contributed by atoms with Crippen molar-refractivity contribution >= 4 is 23.1 Å². The van der Waals surface area contributed by atoms with Crippen LogP contribution in [0.3, 0.4) is 0 Å². The zero-order valence-corrected chi connectivity index (χ0v) is 16.4. The van der Waals surface area contributed by atoms with Crippen molar-refractivity contribution in [3.63, 3.8) is 0 Å². The zero-order chi connectivity index (χ0) is 20.2. The van der Waals surface area contributed by atoms with Crippen molar-refractivity contribution in [2.24, 2.45) is 0 Å². The van der Waals surface area contributed by atoms with Crippen molar-refractivity contribution in [1.82, 2.24) is 4.98 Å². The number of benzene rings is 2. The van der Waals surface area contributed by atoms with E-state index in [9.17, 15) is 4.79 Å². The number of anilines is 3. The summed E-state index contributed by atoms with van der Waals surface area (Å²) in [5.74, 6) is 0.731. The van der Waals surface area contributed by atoms with Gasteiger partial charge in [0.05, 0.1) is 25.1 Å². The molecule has 0 bridgehead atoms. The molecule has 2 aromatic carbocycles. The predicted molar refractivity (Wildman–Crippen MR) is 116 cm³/mol. The summed E-state index contributed by atoms with van der Waals surface area (Å²) in [7, 11) is 0. The van der Waals surface area contributed by atoms with Crippen LogP contribution in [0.25, 0.3) is 11.1 Å². The number of nitrogens with one attached hydrogen (secondary N) is 1. The summed E-state index contributed by atoms with van der Waals surface area (Å²) < 4.78 is 5.37. The first-order valence-corrected chi connectivity index (χ1v) is 9.67. The first kappa shape index (κ1) is 19.0. The van der Waals surface area contributed by atoms with Gasteiger partial charge >= 0.3 is 0 Å². The summed E-state index contributed by atoms with van der Waals surface area (Å²) >= 11 is 0. The monoisotopic (exact) mass is 388 g/mol. The van der Waals surface area contributed by atoms with Gasteiger partial charge in [0.2, 0.25) is 0 Å². The maximum Gasteiger partial charge on any atom is 0.255 e. The Morgan fingerprint density at radius 3 is 2.52 bits per heavy atom. The van der Waals surface area contributed by atoms with Gasteiger partial charge in [0.25, 0.3) is 5.91 Å². The second-order valence-corrected chi connectivity index (χ2v) is 7.11. The van der Waals surface area contributed by atoms with Gasteiger partial charge in [0.1, 0.15) is 5.82 Å². The SMILES string of the molecule is Cc1ccc(C(=O)Nc2ccc(N3CCOCC3)nc2)cc1-c1ccc(N)cc1. The van der Waals surface area contributed by atoms with E-state index >= 15 is 0 Å². The molecule has 1 aliphatic rings. The van der Waals surface area contributed by atoms with Gasteiger partial charge in [-0.05, 0) is 60.0 Å². The van der Waals surface area contributed by atoms with Crippen LogP contribution in [0.15, 0.2) is 60.8 Å². The number of carbonyl (C=O) groups is 1. The quantitative estimate of drug-likeness (QED) is 0.666. The molecule has 1 aliphatic heterocycles. The van der Waals surface area contributed by atoms with E-state index in [0.717, 1.165) is 35.6 Å². The van der Waals surface area contributed by atoms with Gasteiger partial charge in [-0.2, -0.15) is 0 Å². The normalized spacial score (nSPS) is 13.9. The van der Waals surface area contributed by atoms with Gasteiger partial charge in [0.15, 0.2) is 0 Å². The number of aromatic nitrogens is 1. The molecule has 6 nitrogen and oxygen atoms in total. The molecule has 1 aromatic heterocycles. The van der Waals surface area contributed by atoms with Gasteiger partial charge in [-0.15, -0.1) is 0 Å². The van der Waals surface area contributed by atoms with Crippen LogP contribution >= 0.6 is 0 Å². The number of amides is 1. The molecule has 3 N–H and O–H groups in total. The molecule has 1 amide bonds. The maximum absolute atomic E-state index is 12.8. The van der Waals surface area contributed by atoms with E-state index in [4.69, 9.17) is 10.5 Å². The van der Waals surface area contributed by atoms with Gasteiger partial charge in [-0.1, -0.05) is 18.2 Å². The third kappa shape index (κ3) is 4.38. The lowest BCUT2D eigenvalue weighted by molar-refractivity contribution is 0.102. The second kappa shape index (κ2) is 8.32. The van der Waals surface area contributed by atoms with Crippen molar-refractivity contribution in [3.8, 4) is 11.1 Å². The van der Waals surface area contributed by atoms with E-state index in [1.165, 1.54) is 0 Å². The number of hydrogen-bond donors (Lipinski definition) is 2. The highest BCUT2D eigenvalue weighted by Gasteiger charge is 2.13. The summed E-state index contributed by atoms with van der Waals surface area (Å²) in [4.78, 5) is 19.4. The van der Waals surface area contributed by atoms with Crippen molar-refractivity contribution in [1.29, 1.82) is 0 Å². The number of rotatable bonds is 4. The zero-order valence-electron chi connectivity index (χ0n) is 16.4. The fraction of sp³-hybridized carbons (Fsp3) is 0.217. The second-order valence-electron chi connectivity index (χ2n) is 7.11. The van der Waals surface area contributed by atoms with Crippen LogP contribution in [0.2, 0.25) is 0 Å². The standard InChI is InChI=1S/C23H24N4O2/c1-16-2-3-18(14-21(16)17-4-6-19(24)7-5-17)23(28)26-20-8-9-22(25-15-20)27-10-12-29-13-11-27/h2-9,14-15H,10-13,24H2,1H3,(H,26,28). The highest BCUT2D eigenvalue weighted by atomic mass is 16.5. The third-order valence-corrected chi connectivity index (χ3v) is 5.06. The summed E-state index contributed by atoms with van der Waals surface area (Å²) in [5.41, 5.74) is 10.9. The van der Waals surface area contributed by atoms with E-state index < -0.39 is 0 Å². The van der Waals surface area contributed by atoms with Crippen LogP contribution < -0.4 is 16.0 Å². The number of pyridine rings is 1. The van der Waals surface area contributed by atoms with Crippen LogP contribution in [0.5, 0.6) is 0 Å². The predicted octanol–water partition coefficient (Wildman–Crippen LogP) is 3.73. The van der Waals surface area contributed by atoms with E-state index in [2.05, 4.69) is 15.2 Å². The summed E-state index contributed by atoms with van der Waals surface area (Å²) in [6.07, 6.45) is 1.69. The number of nitrogens with two attached hydrogens (primary N) is 1. The number of aryl methyl sites for hydroxylation is 1. The molecular weight excluding hydrogens is 364 g/mol. The first-order chi connectivity index (χ1) is 14.1. The lowest BCUT2D eigenvalue weighted by Gasteiger charge is -2.27. The van der Waals surface area contributed by atoms with Crippen LogP contribution in [0.1, 0.15) is 15.9 Å². The Labute approximate surface area is 170 Å².